The smallest absolute Gasteiger partial charge is 0.185 e. The first-order valence-corrected chi connectivity index (χ1v) is 9.84. The first-order valence-electron chi connectivity index (χ1n) is 9.84. The van der Waals surface area contributed by atoms with Gasteiger partial charge in [-0.25, -0.2) is 0 Å². The third-order valence-electron chi connectivity index (χ3n) is 5.19. The lowest BCUT2D eigenvalue weighted by Crippen LogP contribution is -2.05. The molecule has 142 valence electrons. The SMILES string of the molecule is CCOc1cc(/C=C/C(=O)c2ccc(C3CCCCC3)cc2)ccc1OC. The number of rotatable bonds is 7. The van der Waals surface area contributed by atoms with Crippen LogP contribution in [-0.4, -0.2) is 19.5 Å². The molecule has 0 N–H and O–H groups in total. The molecule has 0 aliphatic heterocycles. The first kappa shape index (κ1) is 19.2. The molecule has 0 spiro atoms. The van der Waals surface area contributed by atoms with Gasteiger partial charge in [0.05, 0.1) is 13.7 Å². The molecular weight excluding hydrogens is 336 g/mol. The lowest BCUT2D eigenvalue weighted by Gasteiger charge is -2.21. The van der Waals surface area contributed by atoms with Crippen LogP contribution in [0.4, 0.5) is 0 Å². The van der Waals surface area contributed by atoms with Crippen molar-refractivity contribution in [3.8, 4) is 11.5 Å². The highest BCUT2D eigenvalue weighted by Gasteiger charge is 2.15. The van der Waals surface area contributed by atoms with Crippen LogP contribution in [0.3, 0.4) is 0 Å². The largest absolute Gasteiger partial charge is 0.493 e. The summed E-state index contributed by atoms with van der Waals surface area (Å²) < 4.78 is 10.9. The third kappa shape index (κ3) is 5.00. The summed E-state index contributed by atoms with van der Waals surface area (Å²) in [5.74, 6) is 2.05. The second kappa shape index (κ2) is 9.40. The maximum absolute atomic E-state index is 12.5. The molecule has 3 nitrogen and oxygen atoms in total. The average Bonchev–Trinajstić information content (AvgIpc) is 2.73. The van der Waals surface area contributed by atoms with Crippen molar-refractivity contribution in [1.29, 1.82) is 0 Å². The van der Waals surface area contributed by atoms with Gasteiger partial charge in [0, 0.05) is 5.56 Å². The fraction of sp³-hybridized carbons (Fsp3) is 0.375. The van der Waals surface area contributed by atoms with E-state index in [0.29, 0.717) is 24.0 Å². The molecule has 2 aromatic rings. The number of ether oxygens (including phenoxy) is 2. The van der Waals surface area contributed by atoms with E-state index in [1.165, 1.54) is 37.7 Å². The maximum atomic E-state index is 12.5. The van der Waals surface area contributed by atoms with E-state index in [4.69, 9.17) is 9.47 Å². The molecule has 3 heteroatoms. The Labute approximate surface area is 162 Å². The van der Waals surface area contributed by atoms with E-state index >= 15 is 0 Å². The molecule has 3 rings (SSSR count). The lowest BCUT2D eigenvalue weighted by atomic mass is 9.84. The number of carbonyl (C=O) groups excluding carboxylic acids is 1. The fourth-order valence-corrected chi connectivity index (χ4v) is 3.69. The van der Waals surface area contributed by atoms with E-state index < -0.39 is 0 Å². The van der Waals surface area contributed by atoms with Gasteiger partial charge in [0.15, 0.2) is 17.3 Å². The molecule has 1 aliphatic rings. The molecule has 1 aliphatic carbocycles. The van der Waals surface area contributed by atoms with Crippen LogP contribution in [-0.2, 0) is 0 Å². The van der Waals surface area contributed by atoms with Gasteiger partial charge in [-0.15, -0.1) is 0 Å². The molecule has 0 unspecified atom stereocenters. The molecule has 0 saturated heterocycles. The summed E-state index contributed by atoms with van der Waals surface area (Å²) in [4.78, 5) is 12.5. The highest BCUT2D eigenvalue weighted by molar-refractivity contribution is 6.06. The van der Waals surface area contributed by atoms with Gasteiger partial charge >= 0.3 is 0 Å². The quantitative estimate of drug-likeness (QED) is 0.444. The van der Waals surface area contributed by atoms with E-state index in [1.54, 1.807) is 13.2 Å². The van der Waals surface area contributed by atoms with Gasteiger partial charge in [0.1, 0.15) is 0 Å². The number of hydrogen-bond donors (Lipinski definition) is 0. The normalized spacial score (nSPS) is 15.0. The van der Waals surface area contributed by atoms with Crippen LogP contribution in [0.5, 0.6) is 11.5 Å². The zero-order valence-corrected chi connectivity index (χ0v) is 16.2. The number of hydrogen-bond acceptors (Lipinski definition) is 3. The summed E-state index contributed by atoms with van der Waals surface area (Å²) in [6.45, 7) is 2.50. The van der Waals surface area contributed by atoms with E-state index in [9.17, 15) is 4.79 Å². The van der Waals surface area contributed by atoms with E-state index in [1.807, 2.05) is 43.3 Å². The average molecular weight is 364 g/mol. The topological polar surface area (TPSA) is 35.5 Å². The van der Waals surface area contributed by atoms with Crippen molar-refractivity contribution in [1.82, 2.24) is 0 Å². The van der Waals surface area contributed by atoms with Gasteiger partial charge in [-0.2, -0.15) is 0 Å². The lowest BCUT2D eigenvalue weighted by molar-refractivity contribution is 0.104. The monoisotopic (exact) mass is 364 g/mol. The predicted molar refractivity (Wildman–Crippen MR) is 110 cm³/mol. The van der Waals surface area contributed by atoms with Crippen LogP contribution in [0.25, 0.3) is 6.08 Å². The number of carbonyl (C=O) groups is 1. The van der Waals surface area contributed by atoms with Gasteiger partial charge in [-0.05, 0) is 55.0 Å². The molecule has 0 amide bonds. The molecule has 27 heavy (non-hydrogen) atoms. The highest BCUT2D eigenvalue weighted by Crippen LogP contribution is 2.32. The minimum absolute atomic E-state index is 0.0129. The highest BCUT2D eigenvalue weighted by atomic mass is 16.5. The summed E-state index contributed by atoms with van der Waals surface area (Å²) in [5.41, 5.74) is 3.00. The van der Waals surface area contributed by atoms with Crippen LogP contribution < -0.4 is 9.47 Å². The van der Waals surface area contributed by atoms with E-state index in [2.05, 4.69) is 12.1 Å². The zero-order chi connectivity index (χ0) is 19.1. The molecule has 0 aromatic heterocycles. The number of ketones is 1. The van der Waals surface area contributed by atoms with Gasteiger partial charge in [0.2, 0.25) is 0 Å². The molecular formula is C24H28O3. The Morgan fingerprint density at radius 1 is 1.04 bits per heavy atom. The van der Waals surface area contributed by atoms with Crippen LogP contribution in [0, 0.1) is 0 Å². The second-order valence-electron chi connectivity index (χ2n) is 7.00. The van der Waals surface area contributed by atoms with Crippen molar-refractivity contribution in [3.63, 3.8) is 0 Å². The minimum Gasteiger partial charge on any atom is -0.493 e. The van der Waals surface area contributed by atoms with E-state index in [-0.39, 0.29) is 5.78 Å². The Hall–Kier alpha value is -2.55. The van der Waals surface area contributed by atoms with Crippen LogP contribution >= 0.6 is 0 Å². The summed E-state index contributed by atoms with van der Waals surface area (Å²) in [5, 5.41) is 0. The molecule has 0 radical (unpaired) electrons. The summed E-state index contributed by atoms with van der Waals surface area (Å²) in [7, 11) is 1.62. The Morgan fingerprint density at radius 2 is 1.78 bits per heavy atom. The van der Waals surface area contributed by atoms with Crippen molar-refractivity contribution in [2.45, 2.75) is 44.9 Å². The van der Waals surface area contributed by atoms with Crippen molar-refractivity contribution in [2.75, 3.05) is 13.7 Å². The van der Waals surface area contributed by atoms with Crippen molar-refractivity contribution >= 4 is 11.9 Å². The van der Waals surface area contributed by atoms with Crippen LogP contribution in [0.1, 0.15) is 66.4 Å². The molecule has 1 fully saturated rings. The maximum Gasteiger partial charge on any atom is 0.185 e. The van der Waals surface area contributed by atoms with Gasteiger partial charge in [-0.3, -0.25) is 4.79 Å². The Bertz CT molecular complexity index is 784. The van der Waals surface area contributed by atoms with Crippen LogP contribution in [0.15, 0.2) is 48.5 Å². The summed E-state index contributed by atoms with van der Waals surface area (Å²) >= 11 is 0. The number of allylic oxidation sites excluding steroid dienone is 1. The zero-order valence-electron chi connectivity index (χ0n) is 16.2. The number of methoxy groups -OCH3 is 1. The summed E-state index contributed by atoms with van der Waals surface area (Å²) in [6.07, 6.45) is 9.97. The number of benzene rings is 2. The standard InChI is InChI=1S/C24H28O3/c1-3-27-24-17-18(10-16-23(24)26-2)9-15-22(25)21-13-11-20(12-14-21)19-7-5-4-6-8-19/h9-17,19H,3-8H2,1-2H3/b15-9+. The first-order chi connectivity index (χ1) is 13.2. The Kier molecular flexibility index (Phi) is 6.69. The minimum atomic E-state index is 0.0129. The van der Waals surface area contributed by atoms with E-state index in [0.717, 1.165) is 11.1 Å². The molecule has 0 atom stereocenters. The summed E-state index contributed by atoms with van der Waals surface area (Å²) in [6, 6.07) is 13.8. The van der Waals surface area contributed by atoms with Crippen molar-refractivity contribution in [3.05, 3.63) is 65.2 Å². The predicted octanol–water partition coefficient (Wildman–Crippen LogP) is 6.04. The second-order valence-corrected chi connectivity index (χ2v) is 7.00. The van der Waals surface area contributed by atoms with Crippen LogP contribution in [0.2, 0.25) is 0 Å². The fourth-order valence-electron chi connectivity index (χ4n) is 3.69. The Morgan fingerprint density at radius 3 is 2.44 bits per heavy atom. The third-order valence-corrected chi connectivity index (χ3v) is 5.19. The van der Waals surface area contributed by atoms with Gasteiger partial charge in [-0.1, -0.05) is 55.7 Å². The molecule has 2 aromatic carbocycles. The van der Waals surface area contributed by atoms with Gasteiger partial charge in [0.25, 0.3) is 0 Å². The van der Waals surface area contributed by atoms with Crippen molar-refractivity contribution < 1.29 is 14.3 Å². The molecule has 0 bridgehead atoms. The molecule has 0 heterocycles. The Balaban J connectivity index is 1.68. The molecule has 1 saturated carbocycles. The van der Waals surface area contributed by atoms with Crippen molar-refractivity contribution in [2.24, 2.45) is 0 Å². The van der Waals surface area contributed by atoms with Gasteiger partial charge < -0.3 is 9.47 Å².